The van der Waals surface area contributed by atoms with E-state index in [1.807, 2.05) is 11.6 Å². The first-order chi connectivity index (χ1) is 8.76. The van der Waals surface area contributed by atoms with E-state index in [9.17, 15) is 0 Å². The predicted molar refractivity (Wildman–Crippen MR) is 66.5 cm³/mol. The van der Waals surface area contributed by atoms with Crippen LogP contribution in [0.4, 0.5) is 11.6 Å². The molecule has 2 aromatic heterocycles. The Hall–Kier alpha value is -2.38. The first kappa shape index (κ1) is 12.1. The van der Waals surface area contributed by atoms with Crippen LogP contribution in [0.3, 0.4) is 0 Å². The van der Waals surface area contributed by atoms with E-state index in [2.05, 4.69) is 30.8 Å². The van der Waals surface area contributed by atoms with Crippen LogP contribution in [0.15, 0.2) is 12.7 Å². The van der Waals surface area contributed by atoms with Gasteiger partial charge >= 0.3 is 0 Å². The summed E-state index contributed by atoms with van der Waals surface area (Å²) >= 11 is 0. The van der Waals surface area contributed by atoms with Crippen molar-refractivity contribution < 1.29 is 4.74 Å². The minimum Gasteiger partial charge on any atom is -0.490 e. The van der Waals surface area contributed by atoms with E-state index in [0.29, 0.717) is 23.9 Å². The van der Waals surface area contributed by atoms with Crippen LogP contribution >= 0.6 is 0 Å². The predicted octanol–water partition coefficient (Wildman–Crippen LogP) is 0.267. The summed E-state index contributed by atoms with van der Waals surface area (Å²) in [7, 11) is 5.23. The minimum atomic E-state index is 0.507. The molecule has 0 radical (unpaired) electrons. The highest BCUT2D eigenvalue weighted by molar-refractivity contribution is 5.63. The summed E-state index contributed by atoms with van der Waals surface area (Å²) < 4.78 is 7.11. The molecule has 0 aliphatic heterocycles. The molecule has 0 aliphatic rings. The molecule has 2 aromatic rings. The molecule has 2 heterocycles. The molecule has 0 spiro atoms. The third-order valence-corrected chi connectivity index (χ3v) is 2.46. The number of nitrogens with zero attached hydrogens (tertiary/aromatic N) is 5. The van der Waals surface area contributed by atoms with Crippen molar-refractivity contribution in [3.05, 3.63) is 18.5 Å². The lowest BCUT2D eigenvalue weighted by Gasteiger charge is -2.12. The summed E-state index contributed by atoms with van der Waals surface area (Å²) in [5, 5.41) is 13.9. The van der Waals surface area contributed by atoms with E-state index < -0.39 is 0 Å². The molecule has 0 fully saturated rings. The maximum atomic E-state index is 5.27. The minimum absolute atomic E-state index is 0.507. The fourth-order valence-electron chi connectivity index (χ4n) is 1.50. The lowest BCUT2D eigenvalue weighted by Crippen LogP contribution is -2.09. The molecule has 0 saturated carbocycles. The van der Waals surface area contributed by atoms with Gasteiger partial charge in [-0.1, -0.05) is 0 Å². The van der Waals surface area contributed by atoms with Crippen molar-refractivity contribution in [1.82, 2.24) is 24.7 Å². The highest BCUT2D eigenvalue weighted by atomic mass is 16.5. The quantitative estimate of drug-likeness (QED) is 0.785. The summed E-state index contributed by atoms with van der Waals surface area (Å²) in [6.45, 7) is 0.507. The summed E-state index contributed by atoms with van der Waals surface area (Å²) in [5.41, 5.74) is 0. The molecular weight excluding hydrogens is 234 g/mol. The summed E-state index contributed by atoms with van der Waals surface area (Å²) in [4.78, 5) is 8.21. The molecule has 0 aromatic carbocycles. The number of aryl methyl sites for hydroxylation is 1. The molecule has 0 bridgehead atoms. The molecular formula is C10H15N7O. The normalized spacial score (nSPS) is 10.2. The molecule has 0 amide bonds. The molecule has 0 saturated heterocycles. The van der Waals surface area contributed by atoms with E-state index in [1.165, 1.54) is 6.33 Å². The topological polar surface area (TPSA) is 89.8 Å². The van der Waals surface area contributed by atoms with Crippen LogP contribution < -0.4 is 15.4 Å². The van der Waals surface area contributed by atoms with Crippen molar-refractivity contribution >= 4 is 11.6 Å². The Morgan fingerprint density at radius 3 is 2.72 bits per heavy atom. The zero-order chi connectivity index (χ0) is 13.0. The standard InChI is InChI=1S/C10H15N7O/c1-11-9-8(18-3)10(14-5-13-9)12-4-7-16-15-6-17(7)2/h5-6H,4H2,1-3H3,(H2,11,12,13,14). The van der Waals surface area contributed by atoms with E-state index in [-0.39, 0.29) is 0 Å². The number of aromatic nitrogens is 5. The van der Waals surface area contributed by atoms with Crippen molar-refractivity contribution in [2.75, 3.05) is 24.8 Å². The largest absolute Gasteiger partial charge is 0.490 e. The number of anilines is 2. The van der Waals surface area contributed by atoms with E-state index in [0.717, 1.165) is 5.82 Å². The van der Waals surface area contributed by atoms with Gasteiger partial charge in [-0.3, -0.25) is 0 Å². The van der Waals surface area contributed by atoms with Gasteiger partial charge in [0.1, 0.15) is 12.7 Å². The maximum absolute atomic E-state index is 5.27. The van der Waals surface area contributed by atoms with Gasteiger partial charge in [0.15, 0.2) is 17.5 Å². The number of hydrogen-bond donors (Lipinski definition) is 2. The van der Waals surface area contributed by atoms with Gasteiger partial charge in [-0.15, -0.1) is 10.2 Å². The maximum Gasteiger partial charge on any atom is 0.204 e. The molecule has 8 heteroatoms. The highest BCUT2D eigenvalue weighted by Gasteiger charge is 2.11. The molecule has 0 atom stereocenters. The van der Waals surface area contributed by atoms with Crippen molar-refractivity contribution in [1.29, 1.82) is 0 Å². The number of rotatable bonds is 5. The molecule has 18 heavy (non-hydrogen) atoms. The van der Waals surface area contributed by atoms with Crippen LogP contribution in [0.25, 0.3) is 0 Å². The van der Waals surface area contributed by atoms with Crippen LogP contribution in [-0.4, -0.2) is 38.9 Å². The monoisotopic (exact) mass is 249 g/mol. The second kappa shape index (κ2) is 5.30. The van der Waals surface area contributed by atoms with E-state index in [4.69, 9.17) is 4.74 Å². The SMILES string of the molecule is CNc1ncnc(NCc2nncn2C)c1OC. The molecule has 2 N–H and O–H groups in total. The van der Waals surface area contributed by atoms with Crippen molar-refractivity contribution in [3.63, 3.8) is 0 Å². The van der Waals surface area contributed by atoms with Crippen molar-refractivity contribution in [2.45, 2.75) is 6.54 Å². The van der Waals surface area contributed by atoms with Crippen LogP contribution in [0.5, 0.6) is 5.75 Å². The number of methoxy groups -OCH3 is 1. The Labute approximate surface area is 104 Å². The van der Waals surface area contributed by atoms with Crippen LogP contribution in [0.1, 0.15) is 5.82 Å². The first-order valence-corrected chi connectivity index (χ1v) is 5.39. The van der Waals surface area contributed by atoms with Gasteiger partial charge < -0.3 is 19.9 Å². The molecule has 0 aliphatic carbocycles. The number of hydrogen-bond acceptors (Lipinski definition) is 7. The summed E-state index contributed by atoms with van der Waals surface area (Å²) in [5.74, 6) is 2.62. The average Bonchev–Trinajstić information content (AvgIpc) is 2.81. The molecule has 8 nitrogen and oxygen atoms in total. The lowest BCUT2D eigenvalue weighted by molar-refractivity contribution is 0.415. The van der Waals surface area contributed by atoms with Gasteiger partial charge in [0.05, 0.1) is 13.7 Å². The fraction of sp³-hybridized carbons (Fsp3) is 0.400. The van der Waals surface area contributed by atoms with Gasteiger partial charge in [0.2, 0.25) is 5.75 Å². The van der Waals surface area contributed by atoms with Gasteiger partial charge in [0, 0.05) is 14.1 Å². The highest BCUT2D eigenvalue weighted by Crippen LogP contribution is 2.28. The van der Waals surface area contributed by atoms with Crippen molar-refractivity contribution in [3.8, 4) is 5.75 Å². The Morgan fingerprint density at radius 1 is 1.33 bits per heavy atom. The number of nitrogens with one attached hydrogen (secondary N) is 2. The Balaban J connectivity index is 2.16. The zero-order valence-corrected chi connectivity index (χ0v) is 10.5. The Morgan fingerprint density at radius 2 is 2.11 bits per heavy atom. The molecule has 0 unspecified atom stereocenters. The second-order valence-corrected chi connectivity index (χ2v) is 3.57. The van der Waals surface area contributed by atoms with Gasteiger partial charge in [-0.25, -0.2) is 9.97 Å². The second-order valence-electron chi connectivity index (χ2n) is 3.57. The summed E-state index contributed by atoms with van der Waals surface area (Å²) in [6, 6.07) is 0. The lowest BCUT2D eigenvalue weighted by atomic mass is 10.4. The Kier molecular flexibility index (Phi) is 3.56. The smallest absolute Gasteiger partial charge is 0.204 e. The third-order valence-electron chi connectivity index (χ3n) is 2.46. The molecule has 2 rings (SSSR count). The zero-order valence-electron chi connectivity index (χ0n) is 10.5. The van der Waals surface area contributed by atoms with Crippen LogP contribution in [0, 0.1) is 0 Å². The average molecular weight is 249 g/mol. The van der Waals surface area contributed by atoms with Crippen LogP contribution in [-0.2, 0) is 13.6 Å². The van der Waals surface area contributed by atoms with Crippen molar-refractivity contribution in [2.24, 2.45) is 7.05 Å². The van der Waals surface area contributed by atoms with E-state index in [1.54, 1.807) is 20.5 Å². The van der Waals surface area contributed by atoms with Gasteiger partial charge in [-0.2, -0.15) is 0 Å². The summed E-state index contributed by atoms with van der Waals surface area (Å²) in [6.07, 6.45) is 3.11. The van der Waals surface area contributed by atoms with Gasteiger partial charge in [-0.05, 0) is 0 Å². The molecule has 96 valence electrons. The number of ether oxygens (including phenoxy) is 1. The van der Waals surface area contributed by atoms with Crippen LogP contribution in [0.2, 0.25) is 0 Å². The van der Waals surface area contributed by atoms with Gasteiger partial charge in [0.25, 0.3) is 0 Å². The fourth-order valence-corrected chi connectivity index (χ4v) is 1.50. The Bertz CT molecular complexity index is 525. The first-order valence-electron chi connectivity index (χ1n) is 5.39. The van der Waals surface area contributed by atoms with E-state index >= 15 is 0 Å². The third kappa shape index (κ3) is 2.31.